The molecule has 1 saturated heterocycles. The lowest BCUT2D eigenvalue weighted by Gasteiger charge is -2.31. The Balaban J connectivity index is 2.36. The molecule has 0 amide bonds. The first kappa shape index (κ1) is 15.1. The minimum absolute atomic E-state index is 0.156. The monoisotopic (exact) mass is 316 g/mol. The van der Waals surface area contributed by atoms with Crippen molar-refractivity contribution < 1.29 is 4.79 Å². The third-order valence-corrected chi connectivity index (χ3v) is 6.58. The van der Waals surface area contributed by atoms with E-state index < -0.39 is 0 Å². The molecule has 0 aromatic carbocycles. The number of Topliss-reactive ketones (excluding diaryl/α,β-unsaturated/α-hetero) is 1. The lowest BCUT2D eigenvalue weighted by Crippen LogP contribution is -2.36. The van der Waals surface area contributed by atoms with Gasteiger partial charge in [-0.25, -0.2) is 0 Å². The number of thioether (sulfide) groups is 2. The lowest BCUT2D eigenvalue weighted by molar-refractivity contribution is 0.0992. The van der Waals surface area contributed by atoms with Crippen molar-refractivity contribution in [3.63, 3.8) is 0 Å². The summed E-state index contributed by atoms with van der Waals surface area (Å²) in [6, 6.07) is 0. The molecular formula is C13H20N2OS3. The highest BCUT2D eigenvalue weighted by molar-refractivity contribution is 8.00. The minimum atomic E-state index is 0.156. The van der Waals surface area contributed by atoms with Gasteiger partial charge in [-0.1, -0.05) is 13.8 Å². The quantitative estimate of drug-likeness (QED) is 0.679. The van der Waals surface area contributed by atoms with Crippen molar-refractivity contribution in [2.24, 2.45) is 0 Å². The highest BCUT2D eigenvalue weighted by Crippen LogP contribution is 2.45. The second-order valence-corrected chi connectivity index (χ2v) is 7.95. The molecule has 1 unspecified atom stereocenters. The molecule has 0 aliphatic carbocycles. The van der Waals surface area contributed by atoms with E-state index in [0.717, 1.165) is 28.6 Å². The molecule has 19 heavy (non-hydrogen) atoms. The topological polar surface area (TPSA) is 46.3 Å². The Morgan fingerprint density at radius 1 is 1.58 bits per heavy atom. The number of carbonyl (C=O) groups excluding carboxylic acids is 1. The lowest BCUT2D eigenvalue weighted by atomic mass is 10.2. The van der Waals surface area contributed by atoms with E-state index in [-0.39, 0.29) is 5.78 Å². The van der Waals surface area contributed by atoms with Crippen LogP contribution in [0.3, 0.4) is 0 Å². The molecule has 1 aromatic heterocycles. The summed E-state index contributed by atoms with van der Waals surface area (Å²) < 4.78 is 0. The van der Waals surface area contributed by atoms with E-state index in [0.29, 0.717) is 17.4 Å². The predicted molar refractivity (Wildman–Crippen MR) is 89.3 cm³/mol. The molecule has 1 aliphatic rings. The number of thiophene rings is 1. The van der Waals surface area contributed by atoms with Crippen molar-refractivity contribution in [1.29, 1.82) is 0 Å². The molecule has 106 valence electrons. The van der Waals surface area contributed by atoms with Crippen molar-refractivity contribution >= 4 is 51.3 Å². The van der Waals surface area contributed by atoms with Crippen LogP contribution in [0.4, 0.5) is 10.7 Å². The third kappa shape index (κ3) is 3.06. The average molecular weight is 317 g/mol. The maximum atomic E-state index is 12.0. The summed E-state index contributed by atoms with van der Waals surface area (Å²) in [5.74, 6) is 1.30. The summed E-state index contributed by atoms with van der Waals surface area (Å²) >= 11 is 5.23. The van der Waals surface area contributed by atoms with Gasteiger partial charge in [0.2, 0.25) is 0 Å². The number of nitrogen functional groups attached to an aromatic ring is 1. The number of anilines is 2. The van der Waals surface area contributed by atoms with Gasteiger partial charge in [0.1, 0.15) is 5.00 Å². The fourth-order valence-electron chi connectivity index (χ4n) is 2.19. The van der Waals surface area contributed by atoms with E-state index in [2.05, 4.69) is 11.8 Å². The first-order valence-corrected chi connectivity index (χ1v) is 9.53. The summed E-state index contributed by atoms with van der Waals surface area (Å²) in [6.45, 7) is 6.23. The zero-order valence-electron chi connectivity index (χ0n) is 11.6. The minimum Gasteiger partial charge on any atom is -0.396 e. The first-order chi connectivity index (χ1) is 9.08. The van der Waals surface area contributed by atoms with Gasteiger partial charge in [0.05, 0.1) is 15.5 Å². The summed E-state index contributed by atoms with van der Waals surface area (Å²) in [4.78, 5) is 16.2. The Hall–Kier alpha value is -0.330. The zero-order chi connectivity index (χ0) is 14.0. The fourth-order valence-corrected chi connectivity index (χ4v) is 5.43. The molecule has 2 rings (SSSR count). The molecule has 0 spiro atoms. The van der Waals surface area contributed by atoms with E-state index in [1.807, 2.05) is 24.9 Å². The van der Waals surface area contributed by atoms with Crippen LogP contribution in [0.5, 0.6) is 0 Å². The van der Waals surface area contributed by atoms with Crippen LogP contribution < -0.4 is 10.6 Å². The summed E-state index contributed by atoms with van der Waals surface area (Å²) in [7, 11) is 0. The summed E-state index contributed by atoms with van der Waals surface area (Å²) in [5, 5.41) is 1.83. The van der Waals surface area contributed by atoms with E-state index in [1.165, 1.54) is 5.00 Å². The second-order valence-electron chi connectivity index (χ2n) is 4.59. The normalized spacial score (nSPS) is 19.7. The maximum Gasteiger partial charge on any atom is 0.174 e. The van der Waals surface area contributed by atoms with E-state index in [9.17, 15) is 4.79 Å². The van der Waals surface area contributed by atoms with Crippen molar-refractivity contribution in [2.45, 2.75) is 30.4 Å². The van der Waals surface area contributed by atoms with E-state index in [1.54, 1.807) is 23.1 Å². The molecular weight excluding hydrogens is 296 g/mol. The van der Waals surface area contributed by atoms with Gasteiger partial charge in [-0.2, -0.15) is 11.8 Å². The van der Waals surface area contributed by atoms with Crippen LogP contribution in [0.25, 0.3) is 0 Å². The highest BCUT2D eigenvalue weighted by atomic mass is 32.2. The number of nitrogens with two attached hydrogens (primary N) is 1. The number of ketones is 1. The Bertz CT molecular complexity index is 473. The molecule has 2 N–H and O–H groups in total. The number of carbonyl (C=O) groups is 1. The molecule has 0 radical (unpaired) electrons. The van der Waals surface area contributed by atoms with Gasteiger partial charge in [-0.05, 0) is 6.26 Å². The van der Waals surface area contributed by atoms with Gasteiger partial charge in [0.15, 0.2) is 5.78 Å². The standard InChI is InChI=1S/C13H20N2OS3/c1-4-9(16)11-10(14)12(17-3)13(19-11)15-5-6-18-8(2)7-15/h8H,4-7,14H2,1-3H3. The number of hydrogen-bond acceptors (Lipinski definition) is 6. The first-order valence-electron chi connectivity index (χ1n) is 6.44. The molecule has 0 bridgehead atoms. The smallest absolute Gasteiger partial charge is 0.174 e. The van der Waals surface area contributed by atoms with Crippen LogP contribution >= 0.6 is 34.9 Å². The van der Waals surface area contributed by atoms with Crippen molar-refractivity contribution in [3.05, 3.63) is 4.88 Å². The molecule has 1 aromatic rings. The van der Waals surface area contributed by atoms with Gasteiger partial charge >= 0.3 is 0 Å². The Morgan fingerprint density at radius 2 is 2.32 bits per heavy atom. The van der Waals surface area contributed by atoms with Gasteiger partial charge in [-0.3, -0.25) is 4.79 Å². The molecule has 1 aliphatic heterocycles. The summed E-state index contributed by atoms with van der Waals surface area (Å²) in [5.41, 5.74) is 6.85. The molecule has 6 heteroatoms. The predicted octanol–water partition coefficient (Wildman–Crippen LogP) is 3.59. The van der Waals surface area contributed by atoms with Gasteiger partial charge in [0, 0.05) is 30.5 Å². The number of hydrogen-bond donors (Lipinski definition) is 1. The van der Waals surface area contributed by atoms with Crippen molar-refractivity contribution in [3.8, 4) is 0 Å². The van der Waals surface area contributed by atoms with Crippen LogP contribution in [-0.4, -0.2) is 36.1 Å². The SMILES string of the molecule is CCC(=O)c1sc(N2CCSC(C)C2)c(SC)c1N. The van der Waals surface area contributed by atoms with Crippen LogP contribution in [0, 0.1) is 0 Å². The Morgan fingerprint density at radius 3 is 2.89 bits per heavy atom. The fraction of sp³-hybridized carbons (Fsp3) is 0.615. The van der Waals surface area contributed by atoms with E-state index in [4.69, 9.17) is 5.73 Å². The Labute approximate surface area is 127 Å². The molecule has 1 fully saturated rings. The second kappa shape index (κ2) is 6.41. The number of rotatable bonds is 4. The maximum absolute atomic E-state index is 12.0. The molecule has 0 saturated carbocycles. The molecule has 3 nitrogen and oxygen atoms in total. The van der Waals surface area contributed by atoms with Crippen LogP contribution in [0.15, 0.2) is 4.90 Å². The van der Waals surface area contributed by atoms with Crippen molar-refractivity contribution in [2.75, 3.05) is 35.7 Å². The van der Waals surface area contributed by atoms with Gasteiger partial charge in [-0.15, -0.1) is 23.1 Å². The average Bonchev–Trinajstić information content (AvgIpc) is 2.75. The van der Waals surface area contributed by atoms with E-state index >= 15 is 0 Å². The zero-order valence-corrected chi connectivity index (χ0v) is 14.0. The van der Waals surface area contributed by atoms with Gasteiger partial charge in [0.25, 0.3) is 0 Å². The summed E-state index contributed by atoms with van der Waals surface area (Å²) in [6.07, 6.45) is 2.55. The van der Waals surface area contributed by atoms with Crippen LogP contribution in [0.2, 0.25) is 0 Å². The largest absolute Gasteiger partial charge is 0.396 e. The Kier molecular flexibility index (Phi) is 5.09. The van der Waals surface area contributed by atoms with Crippen LogP contribution in [-0.2, 0) is 0 Å². The van der Waals surface area contributed by atoms with Crippen molar-refractivity contribution in [1.82, 2.24) is 0 Å². The molecule has 2 heterocycles. The highest BCUT2D eigenvalue weighted by Gasteiger charge is 2.25. The number of nitrogens with zero attached hydrogens (tertiary/aromatic N) is 1. The molecule has 1 atom stereocenters. The van der Waals surface area contributed by atoms with Gasteiger partial charge < -0.3 is 10.6 Å². The third-order valence-electron chi connectivity index (χ3n) is 3.19. The van der Waals surface area contributed by atoms with Crippen LogP contribution in [0.1, 0.15) is 29.9 Å².